The Kier molecular flexibility index (Phi) is 4.63. The Labute approximate surface area is 94.6 Å². The van der Waals surface area contributed by atoms with Crippen LogP contribution in [0.3, 0.4) is 0 Å². The van der Waals surface area contributed by atoms with Gasteiger partial charge in [-0.2, -0.15) is 5.26 Å². The van der Waals surface area contributed by atoms with E-state index in [0.717, 1.165) is 0 Å². The molecule has 0 aliphatic carbocycles. The molecule has 0 fully saturated rings. The molecule has 0 aromatic carbocycles. The number of rotatable bonds is 5. The van der Waals surface area contributed by atoms with Gasteiger partial charge in [0.2, 0.25) is 0 Å². The van der Waals surface area contributed by atoms with Crippen molar-refractivity contribution in [2.75, 3.05) is 13.2 Å². The van der Waals surface area contributed by atoms with Gasteiger partial charge in [0, 0.05) is 6.20 Å². The molecule has 0 saturated heterocycles. The van der Waals surface area contributed by atoms with E-state index >= 15 is 0 Å². The fourth-order valence-corrected chi connectivity index (χ4v) is 2.65. The first-order valence-corrected chi connectivity index (χ1v) is 6.46. The number of hydrogen-bond acceptors (Lipinski definition) is 5. The summed E-state index contributed by atoms with van der Waals surface area (Å²) in [6.45, 7) is 4.06. The lowest BCUT2D eigenvalue weighted by Crippen LogP contribution is -2.11. The fourth-order valence-electron chi connectivity index (χ4n) is 1.14. The van der Waals surface area contributed by atoms with E-state index < -0.39 is 7.60 Å². The SMILES string of the molecule is CCOP(=O)(OCC)c1ccc(C#N)nc1. The second kappa shape index (κ2) is 5.76. The molecular weight excluding hydrogens is 227 g/mol. The van der Waals surface area contributed by atoms with Crippen LogP contribution >= 0.6 is 7.60 Å². The first-order chi connectivity index (χ1) is 7.66. The number of aromatic nitrogens is 1. The van der Waals surface area contributed by atoms with E-state index in [2.05, 4.69) is 4.98 Å². The van der Waals surface area contributed by atoms with Crippen molar-refractivity contribution in [1.29, 1.82) is 5.26 Å². The van der Waals surface area contributed by atoms with Gasteiger partial charge in [-0.3, -0.25) is 4.57 Å². The summed E-state index contributed by atoms with van der Waals surface area (Å²) in [6, 6.07) is 4.91. The van der Waals surface area contributed by atoms with Gasteiger partial charge in [-0.15, -0.1) is 0 Å². The van der Waals surface area contributed by atoms with Crippen molar-refractivity contribution < 1.29 is 13.6 Å². The molecule has 0 saturated carbocycles. The molecule has 0 aliphatic heterocycles. The smallest absolute Gasteiger partial charge is 0.305 e. The summed E-state index contributed by atoms with van der Waals surface area (Å²) in [5, 5.41) is 8.96. The molecule has 0 unspecified atom stereocenters. The second-order valence-electron chi connectivity index (χ2n) is 2.85. The van der Waals surface area contributed by atoms with E-state index in [1.54, 1.807) is 13.8 Å². The Balaban J connectivity index is 3.02. The fraction of sp³-hybridized carbons (Fsp3) is 0.400. The minimum absolute atomic E-state index is 0.267. The predicted molar refractivity (Wildman–Crippen MR) is 59.4 cm³/mol. The van der Waals surface area contributed by atoms with Crippen LogP contribution in [-0.2, 0) is 13.6 Å². The number of pyridine rings is 1. The maximum atomic E-state index is 12.2. The molecule has 1 rings (SSSR count). The lowest BCUT2D eigenvalue weighted by atomic mass is 10.4. The van der Waals surface area contributed by atoms with Crippen molar-refractivity contribution >= 4 is 12.9 Å². The molecular formula is C10H13N2O3P. The summed E-state index contributed by atoms with van der Waals surface area (Å²) >= 11 is 0. The molecule has 1 aromatic rings. The maximum Gasteiger partial charge on any atom is 0.362 e. The molecule has 0 atom stereocenters. The van der Waals surface area contributed by atoms with Gasteiger partial charge >= 0.3 is 7.60 Å². The van der Waals surface area contributed by atoms with Crippen LogP contribution in [0, 0.1) is 11.3 Å². The summed E-state index contributed by atoms with van der Waals surface area (Å²) < 4.78 is 22.5. The van der Waals surface area contributed by atoms with Crippen LogP contribution in [0.2, 0.25) is 0 Å². The highest BCUT2D eigenvalue weighted by Gasteiger charge is 2.26. The van der Waals surface area contributed by atoms with E-state index in [-0.39, 0.29) is 18.9 Å². The first-order valence-electron chi connectivity index (χ1n) is 4.92. The van der Waals surface area contributed by atoms with Gasteiger partial charge in [-0.05, 0) is 26.0 Å². The van der Waals surface area contributed by atoms with Crippen molar-refractivity contribution in [3.05, 3.63) is 24.0 Å². The molecule has 86 valence electrons. The maximum absolute atomic E-state index is 12.2. The van der Waals surface area contributed by atoms with Gasteiger partial charge in [-0.25, -0.2) is 4.98 Å². The van der Waals surface area contributed by atoms with E-state index in [9.17, 15) is 4.57 Å². The van der Waals surface area contributed by atoms with Crippen LogP contribution in [0.15, 0.2) is 18.3 Å². The standard InChI is InChI=1S/C10H13N2O3P/c1-3-14-16(13,15-4-2)10-6-5-9(7-11)12-8-10/h5-6,8H,3-4H2,1-2H3. The van der Waals surface area contributed by atoms with Crippen LogP contribution < -0.4 is 5.30 Å². The minimum atomic E-state index is -3.27. The zero-order valence-electron chi connectivity index (χ0n) is 9.21. The molecule has 0 spiro atoms. The minimum Gasteiger partial charge on any atom is -0.305 e. The van der Waals surface area contributed by atoms with Gasteiger partial charge in [0.25, 0.3) is 0 Å². The Morgan fingerprint density at radius 3 is 2.38 bits per heavy atom. The monoisotopic (exact) mass is 240 g/mol. The van der Waals surface area contributed by atoms with Crippen molar-refractivity contribution in [3.8, 4) is 6.07 Å². The lowest BCUT2D eigenvalue weighted by molar-refractivity contribution is 0.230. The number of nitrogens with zero attached hydrogens (tertiary/aromatic N) is 2. The largest absolute Gasteiger partial charge is 0.362 e. The normalized spacial score (nSPS) is 11.1. The summed E-state index contributed by atoms with van der Waals surface area (Å²) in [7, 11) is -3.27. The Hall–Kier alpha value is -1.21. The van der Waals surface area contributed by atoms with Gasteiger partial charge < -0.3 is 9.05 Å². The molecule has 1 heterocycles. The number of hydrogen-bond donors (Lipinski definition) is 0. The molecule has 0 aliphatic rings. The Morgan fingerprint density at radius 1 is 1.38 bits per heavy atom. The molecule has 1 aromatic heterocycles. The summed E-state index contributed by atoms with van der Waals surface area (Å²) in [4.78, 5) is 3.83. The lowest BCUT2D eigenvalue weighted by Gasteiger charge is -2.16. The zero-order chi connectivity index (χ0) is 12.0. The van der Waals surface area contributed by atoms with Crippen LogP contribution in [-0.4, -0.2) is 18.2 Å². The van der Waals surface area contributed by atoms with Gasteiger partial charge in [-0.1, -0.05) is 0 Å². The third-order valence-corrected chi connectivity index (χ3v) is 3.87. The summed E-state index contributed by atoms with van der Waals surface area (Å²) in [5.41, 5.74) is 0.267. The predicted octanol–water partition coefficient (Wildman–Crippen LogP) is 1.84. The van der Waals surface area contributed by atoms with Gasteiger partial charge in [0.1, 0.15) is 11.8 Å². The average molecular weight is 240 g/mol. The quantitative estimate of drug-likeness (QED) is 0.734. The second-order valence-corrected chi connectivity index (χ2v) is 4.87. The average Bonchev–Trinajstić information content (AvgIpc) is 2.30. The van der Waals surface area contributed by atoms with Crippen LogP contribution in [0.4, 0.5) is 0 Å². The van der Waals surface area contributed by atoms with Gasteiger partial charge in [0.15, 0.2) is 0 Å². The molecule has 0 N–H and O–H groups in total. The van der Waals surface area contributed by atoms with Crippen LogP contribution in [0.25, 0.3) is 0 Å². The highest BCUT2D eigenvalue weighted by molar-refractivity contribution is 7.62. The Morgan fingerprint density at radius 2 is 2.00 bits per heavy atom. The van der Waals surface area contributed by atoms with Crippen molar-refractivity contribution in [2.45, 2.75) is 13.8 Å². The van der Waals surface area contributed by atoms with Crippen molar-refractivity contribution in [3.63, 3.8) is 0 Å². The van der Waals surface area contributed by atoms with E-state index in [0.29, 0.717) is 5.30 Å². The van der Waals surface area contributed by atoms with E-state index in [1.165, 1.54) is 18.3 Å². The number of nitriles is 1. The third kappa shape index (κ3) is 2.89. The molecule has 16 heavy (non-hydrogen) atoms. The first kappa shape index (κ1) is 12.9. The van der Waals surface area contributed by atoms with Crippen LogP contribution in [0.5, 0.6) is 0 Å². The molecule has 6 heteroatoms. The summed E-state index contributed by atoms with van der Waals surface area (Å²) in [5.74, 6) is 0. The van der Waals surface area contributed by atoms with Crippen molar-refractivity contribution in [1.82, 2.24) is 4.98 Å². The topological polar surface area (TPSA) is 72.2 Å². The molecule has 5 nitrogen and oxygen atoms in total. The summed E-state index contributed by atoms with van der Waals surface area (Å²) in [6.07, 6.45) is 1.35. The molecule has 0 bridgehead atoms. The van der Waals surface area contributed by atoms with Crippen molar-refractivity contribution in [2.24, 2.45) is 0 Å². The van der Waals surface area contributed by atoms with Crippen LogP contribution in [0.1, 0.15) is 19.5 Å². The zero-order valence-corrected chi connectivity index (χ0v) is 10.1. The van der Waals surface area contributed by atoms with E-state index in [1.807, 2.05) is 6.07 Å². The third-order valence-electron chi connectivity index (χ3n) is 1.78. The highest BCUT2D eigenvalue weighted by atomic mass is 31.2. The molecule has 0 amide bonds. The van der Waals surface area contributed by atoms with Gasteiger partial charge in [0.05, 0.1) is 18.5 Å². The highest BCUT2D eigenvalue weighted by Crippen LogP contribution is 2.46. The molecule has 0 radical (unpaired) electrons. The van der Waals surface area contributed by atoms with E-state index in [4.69, 9.17) is 14.3 Å². The Bertz CT molecular complexity index is 415.